The summed E-state index contributed by atoms with van der Waals surface area (Å²) in [5, 5.41) is 5.43. The molecular formula is C16H31ClN4O3. The SMILES string of the molecule is CC(C)(C)CC(=O)NCC(=O)N1CCCC(C(=O)NCCN)C1.Cl. The van der Waals surface area contributed by atoms with Crippen molar-refractivity contribution in [1.82, 2.24) is 15.5 Å². The Morgan fingerprint density at radius 3 is 2.46 bits per heavy atom. The highest BCUT2D eigenvalue weighted by atomic mass is 35.5. The molecule has 1 heterocycles. The molecule has 8 heteroatoms. The number of rotatable bonds is 6. The maximum absolute atomic E-state index is 12.2. The molecule has 0 aromatic carbocycles. The molecule has 7 nitrogen and oxygen atoms in total. The third kappa shape index (κ3) is 8.49. The number of hydrogen-bond acceptors (Lipinski definition) is 4. The highest BCUT2D eigenvalue weighted by molar-refractivity contribution is 5.86. The van der Waals surface area contributed by atoms with E-state index in [0.29, 0.717) is 32.6 Å². The maximum atomic E-state index is 12.2. The first-order chi connectivity index (χ1) is 10.7. The summed E-state index contributed by atoms with van der Waals surface area (Å²) in [5.41, 5.74) is 5.27. The van der Waals surface area contributed by atoms with Gasteiger partial charge < -0.3 is 21.3 Å². The van der Waals surface area contributed by atoms with Gasteiger partial charge in [0.25, 0.3) is 0 Å². The van der Waals surface area contributed by atoms with Crippen LogP contribution in [-0.2, 0) is 14.4 Å². The van der Waals surface area contributed by atoms with Crippen LogP contribution in [0.15, 0.2) is 0 Å². The molecule has 1 aliphatic rings. The van der Waals surface area contributed by atoms with E-state index in [1.807, 2.05) is 20.8 Å². The molecule has 0 aliphatic carbocycles. The van der Waals surface area contributed by atoms with Crippen molar-refractivity contribution in [2.24, 2.45) is 17.1 Å². The molecule has 1 rings (SSSR count). The van der Waals surface area contributed by atoms with Crippen LogP contribution in [0.3, 0.4) is 0 Å². The number of likely N-dealkylation sites (tertiary alicyclic amines) is 1. The molecule has 0 aromatic heterocycles. The van der Waals surface area contributed by atoms with Crippen molar-refractivity contribution in [2.75, 3.05) is 32.7 Å². The molecule has 1 unspecified atom stereocenters. The maximum Gasteiger partial charge on any atom is 0.241 e. The monoisotopic (exact) mass is 362 g/mol. The standard InChI is InChI=1S/C16H30N4O3.ClH/c1-16(2,3)9-13(21)19-10-14(22)20-8-4-5-12(11-20)15(23)18-7-6-17;/h12H,4-11,17H2,1-3H3,(H,18,23)(H,19,21);1H. The Balaban J connectivity index is 0.00000529. The molecule has 1 saturated heterocycles. The quantitative estimate of drug-likeness (QED) is 0.631. The van der Waals surface area contributed by atoms with Gasteiger partial charge in [-0.25, -0.2) is 0 Å². The normalized spacial score (nSPS) is 17.7. The molecule has 0 spiro atoms. The summed E-state index contributed by atoms with van der Waals surface area (Å²) < 4.78 is 0. The highest BCUT2D eigenvalue weighted by Crippen LogP contribution is 2.18. The number of halogens is 1. The van der Waals surface area contributed by atoms with Gasteiger partial charge in [-0.15, -0.1) is 12.4 Å². The fraction of sp³-hybridized carbons (Fsp3) is 0.812. The Labute approximate surface area is 150 Å². The Morgan fingerprint density at radius 1 is 1.21 bits per heavy atom. The van der Waals surface area contributed by atoms with Gasteiger partial charge in [0, 0.05) is 32.6 Å². The summed E-state index contributed by atoms with van der Waals surface area (Å²) >= 11 is 0. The van der Waals surface area contributed by atoms with Crippen molar-refractivity contribution in [3.63, 3.8) is 0 Å². The Hall–Kier alpha value is -1.34. The van der Waals surface area contributed by atoms with Crippen molar-refractivity contribution in [1.29, 1.82) is 0 Å². The Kier molecular flexibility index (Phi) is 9.92. The first-order valence-electron chi connectivity index (χ1n) is 8.25. The van der Waals surface area contributed by atoms with Crippen LogP contribution in [0.4, 0.5) is 0 Å². The predicted molar refractivity (Wildman–Crippen MR) is 95.7 cm³/mol. The largest absolute Gasteiger partial charge is 0.355 e. The van der Waals surface area contributed by atoms with Crippen LogP contribution in [0.1, 0.15) is 40.0 Å². The fourth-order valence-corrected chi connectivity index (χ4v) is 2.59. The van der Waals surface area contributed by atoms with Crippen LogP contribution in [0, 0.1) is 11.3 Å². The van der Waals surface area contributed by atoms with E-state index in [2.05, 4.69) is 10.6 Å². The van der Waals surface area contributed by atoms with Crippen molar-refractivity contribution < 1.29 is 14.4 Å². The van der Waals surface area contributed by atoms with Crippen molar-refractivity contribution in [2.45, 2.75) is 40.0 Å². The predicted octanol–water partition coefficient (Wildman–Crippen LogP) is 0.274. The summed E-state index contributed by atoms with van der Waals surface area (Å²) in [6.07, 6.45) is 1.95. The van der Waals surface area contributed by atoms with Crippen LogP contribution in [-0.4, -0.2) is 55.3 Å². The van der Waals surface area contributed by atoms with Crippen molar-refractivity contribution in [3.05, 3.63) is 0 Å². The average Bonchev–Trinajstić information content (AvgIpc) is 2.48. The van der Waals surface area contributed by atoms with Gasteiger partial charge >= 0.3 is 0 Å². The zero-order valence-corrected chi connectivity index (χ0v) is 15.7. The topological polar surface area (TPSA) is 105 Å². The summed E-state index contributed by atoms with van der Waals surface area (Å²) in [7, 11) is 0. The van der Waals surface area contributed by atoms with Crippen LogP contribution in [0.2, 0.25) is 0 Å². The second-order valence-corrected chi connectivity index (χ2v) is 7.27. The lowest BCUT2D eigenvalue weighted by molar-refractivity contribution is -0.137. The van der Waals surface area contributed by atoms with Gasteiger partial charge in [-0.3, -0.25) is 14.4 Å². The molecule has 0 aromatic rings. The molecule has 1 atom stereocenters. The minimum atomic E-state index is -0.190. The summed E-state index contributed by atoms with van der Waals surface area (Å²) in [6, 6.07) is 0. The molecule has 0 saturated carbocycles. The Morgan fingerprint density at radius 2 is 1.88 bits per heavy atom. The number of amides is 3. The zero-order valence-electron chi connectivity index (χ0n) is 14.9. The minimum Gasteiger partial charge on any atom is -0.355 e. The molecule has 0 bridgehead atoms. The smallest absolute Gasteiger partial charge is 0.241 e. The molecule has 24 heavy (non-hydrogen) atoms. The van der Waals surface area contributed by atoms with Gasteiger partial charge in [0.05, 0.1) is 12.5 Å². The van der Waals surface area contributed by atoms with E-state index in [1.165, 1.54) is 0 Å². The number of carbonyl (C=O) groups excluding carboxylic acids is 3. The van der Waals surface area contributed by atoms with Crippen LogP contribution >= 0.6 is 12.4 Å². The van der Waals surface area contributed by atoms with Crippen LogP contribution < -0.4 is 16.4 Å². The fourth-order valence-electron chi connectivity index (χ4n) is 2.59. The van der Waals surface area contributed by atoms with Gasteiger partial charge in [-0.05, 0) is 18.3 Å². The van der Waals surface area contributed by atoms with Gasteiger partial charge in [-0.1, -0.05) is 20.8 Å². The third-order valence-electron chi connectivity index (χ3n) is 3.72. The molecule has 0 radical (unpaired) electrons. The van der Waals surface area contributed by atoms with E-state index in [0.717, 1.165) is 12.8 Å². The zero-order chi connectivity index (χ0) is 17.5. The lowest BCUT2D eigenvalue weighted by Crippen LogP contribution is -2.49. The first kappa shape index (κ1) is 22.7. The van der Waals surface area contributed by atoms with E-state index in [4.69, 9.17) is 5.73 Å². The Bertz CT molecular complexity index is 438. The van der Waals surface area contributed by atoms with Crippen LogP contribution in [0.5, 0.6) is 0 Å². The van der Waals surface area contributed by atoms with E-state index in [-0.39, 0.29) is 48.0 Å². The lowest BCUT2D eigenvalue weighted by atomic mass is 9.92. The molecular weight excluding hydrogens is 332 g/mol. The number of nitrogens with one attached hydrogen (secondary N) is 2. The molecule has 4 N–H and O–H groups in total. The van der Waals surface area contributed by atoms with E-state index in [9.17, 15) is 14.4 Å². The lowest BCUT2D eigenvalue weighted by Gasteiger charge is -2.32. The van der Waals surface area contributed by atoms with Gasteiger partial charge in [-0.2, -0.15) is 0 Å². The van der Waals surface area contributed by atoms with Crippen molar-refractivity contribution >= 4 is 30.1 Å². The van der Waals surface area contributed by atoms with E-state index < -0.39 is 0 Å². The number of nitrogens with zero attached hydrogens (tertiary/aromatic N) is 1. The number of carbonyl (C=O) groups is 3. The molecule has 1 aliphatic heterocycles. The van der Waals surface area contributed by atoms with E-state index in [1.54, 1.807) is 4.90 Å². The molecule has 3 amide bonds. The average molecular weight is 363 g/mol. The van der Waals surface area contributed by atoms with E-state index >= 15 is 0 Å². The second kappa shape index (κ2) is 10.5. The van der Waals surface area contributed by atoms with Gasteiger partial charge in [0.2, 0.25) is 17.7 Å². The van der Waals surface area contributed by atoms with Gasteiger partial charge in [0.15, 0.2) is 0 Å². The van der Waals surface area contributed by atoms with Crippen molar-refractivity contribution in [3.8, 4) is 0 Å². The summed E-state index contributed by atoms with van der Waals surface area (Å²) in [5.74, 6) is -0.502. The third-order valence-corrected chi connectivity index (χ3v) is 3.72. The second-order valence-electron chi connectivity index (χ2n) is 7.27. The highest BCUT2D eigenvalue weighted by Gasteiger charge is 2.28. The molecule has 140 valence electrons. The summed E-state index contributed by atoms with van der Waals surface area (Å²) in [4.78, 5) is 37.6. The number of piperidine rings is 1. The number of hydrogen-bond donors (Lipinski definition) is 3. The number of nitrogens with two attached hydrogens (primary N) is 1. The minimum absolute atomic E-state index is 0. The molecule has 1 fully saturated rings. The summed E-state index contributed by atoms with van der Waals surface area (Å²) in [6.45, 7) is 7.81. The van der Waals surface area contributed by atoms with Crippen LogP contribution in [0.25, 0.3) is 0 Å². The van der Waals surface area contributed by atoms with Gasteiger partial charge in [0.1, 0.15) is 0 Å². The first-order valence-corrected chi connectivity index (χ1v) is 8.25.